The van der Waals surface area contributed by atoms with Crippen molar-refractivity contribution in [1.29, 1.82) is 0 Å². The van der Waals surface area contributed by atoms with Crippen LogP contribution in [0.1, 0.15) is 5.56 Å². The summed E-state index contributed by atoms with van der Waals surface area (Å²) in [4.78, 5) is 11.3. The molecule has 3 N–H and O–H groups in total. The summed E-state index contributed by atoms with van der Waals surface area (Å²) in [7, 11) is -4.00. The van der Waals surface area contributed by atoms with Gasteiger partial charge in [-0.15, -0.1) is 11.3 Å². The second-order valence-electron chi connectivity index (χ2n) is 4.40. The summed E-state index contributed by atoms with van der Waals surface area (Å²) >= 11 is 6.52. The Hall–Kier alpha value is -1.61. The number of phenols is 1. The largest absolute Gasteiger partial charge is 0.508 e. The van der Waals surface area contributed by atoms with Crippen molar-refractivity contribution >= 4 is 38.9 Å². The Morgan fingerprint density at radius 2 is 1.95 bits per heavy atom. The molecule has 118 valence electrons. The van der Waals surface area contributed by atoms with Crippen molar-refractivity contribution in [3.05, 3.63) is 46.3 Å². The first-order chi connectivity index (χ1) is 10.3. The number of aromatic hydroxyl groups is 1. The number of rotatable bonds is 6. The van der Waals surface area contributed by atoms with Crippen molar-refractivity contribution in [2.24, 2.45) is 0 Å². The highest BCUT2D eigenvalue weighted by atomic mass is 35.5. The Kier molecular flexibility index (Phi) is 5.07. The molecule has 1 unspecified atom stereocenters. The predicted molar refractivity (Wildman–Crippen MR) is 82.9 cm³/mol. The number of benzene rings is 1. The van der Waals surface area contributed by atoms with E-state index in [4.69, 9.17) is 11.6 Å². The van der Waals surface area contributed by atoms with Crippen LogP contribution in [0.4, 0.5) is 0 Å². The van der Waals surface area contributed by atoms with Crippen LogP contribution in [0, 0.1) is 0 Å². The molecule has 0 amide bonds. The summed E-state index contributed by atoms with van der Waals surface area (Å²) in [6.07, 6.45) is -0.180. The van der Waals surface area contributed by atoms with Gasteiger partial charge < -0.3 is 10.2 Å². The Morgan fingerprint density at radius 1 is 1.27 bits per heavy atom. The molecule has 0 bridgehead atoms. The van der Waals surface area contributed by atoms with Gasteiger partial charge in [0.15, 0.2) is 0 Å². The normalized spacial score (nSPS) is 13.0. The third-order valence-corrected chi connectivity index (χ3v) is 6.02. The number of carboxylic acid groups (broad SMARTS) is 1. The highest BCUT2D eigenvalue weighted by molar-refractivity contribution is 7.91. The van der Waals surface area contributed by atoms with Crippen molar-refractivity contribution in [2.45, 2.75) is 16.7 Å². The average Bonchev–Trinajstić information content (AvgIpc) is 2.87. The van der Waals surface area contributed by atoms with Crippen LogP contribution in [-0.2, 0) is 21.2 Å². The fourth-order valence-corrected chi connectivity index (χ4v) is 4.46. The number of thiophene rings is 1. The Balaban J connectivity index is 2.23. The van der Waals surface area contributed by atoms with Gasteiger partial charge in [-0.05, 0) is 23.8 Å². The van der Waals surface area contributed by atoms with Gasteiger partial charge in [-0.2, -0.15) is 4.72 Å². The van der Waals surface area contributed by atoms with Crippen molar-refractivity contribution in [3.8, 4) is 5.75 Å². The second kappa shape index (κ2) is 6.66. The van der Waals surface area contributed by atoms with Gasteiger partial charge >= 0.3 is 5.97 Å². The Bertz CT molecular complexity index is 787. The van der Waals surface area contributed by atoms with Crippen LogP contribution in [0.25, 0.3) is 0 Å². The van der Waals surface area contributed by atoms with E-state index >= 15 is 0 Å². The molecule has 0 saturated heterocycles. The molecular weight excluding hydrogens is 350 g/mol. The molecule has 2 aromatic rings. The lowest BCUT2D eigenvalue weighted by Gasteiger charge is -2.14. The third-order valence-electron chi connectivity index (χ3n) is 2.82. The Labute approximate surface area is 136 Å². The quantitative estimate of drug-likeness (QED) is 0.730. The first-order valence-electron chi connectivity index (χ1n) is 6.07. The van der Waals surface area contributed by atoms with Gasteiger partial charge in [-0.1, -0.05) is 29.8 Å². The molecule has 9 heteroatoms. The van der Waals surface area contributed by atoms with E-state index in [1.54, 1.807) is 12.1 Å². The molecule has 0 fully saturated rings. The molecule has 0 aliphatic heterocycles. The van der Waals surface area contributed by atoms with Crippen LogP contribution in [0.3, 0.4) is 0 Å². The van der Waals surface area contributed by atoms with Crippen molar-refractivity contribution in [2.75, 3.05) is 0 Å². The van der Waals surface area contributed by atoms with Crippen LogP contribution in [0.15, 0.2) is 40.6 Å². The van der Waals surface area contributed by atoms with E-state index in [2.05, 4.69) is 4.72 Å². The molecule has 1 aromatic carbocycles. The predicted octanol–water partition coefficient (Wildman–Crippen LogP) is 2.08. The standard InChI is InChI=1S/C13H12ClNO5S2/c14-11-5-6-12(21-11)22(19,20)15-9(13(17)18)7-8-3-1-2-4-10(8)16/h1-6,9,15-16H,7H2,(H,17,18). The maximum atomic E-state index is 12.2. The van der Waals surface area contributed by atoms with Crippen molar-refractivity contribution in [3.63, 3.8) is 0 Å². The SMILES string of the molecule is O=C(O)C(Cc1ccccc1O)NS(=O)(=O)c1ccc(Cl)s1. The van der Waals surface area contributed by atoms with Gasteiger partial charge in [0.1, 0.15) is 16.0 Å². The zero-order valence-corrected chi connectivity index (χ0v) is 13.5. The number of halogens is 1. The lowest BCUT2D eigenvalue weighted by Crippen LogP contribution is -2.42. The molecule has 0 saturated carbocycles. The smallest absolute Gasteiger partial charge is 0.322 e. The number of carbonyl (C=O) groups is 1. The summed E-state index contributed by atoms with van der Waals surface area (Å²) in [6.45, 7) is 0. The number of phenolic OH excluding ortho intramolecular Hbond substituents is 1. The highest BCUT2D eigenvalue weighted by Gasteiger charge is 2.27. The minimum Gasteiger partial charge on any atom is -0.508 e. The number of para-hydroxylation sites is 1. The van der Waals surface area contributed by atoms with E-state index < -0.39 is 22.0 Å². The fourth-order valence-electron chi connectivity index (χ4n) is 1.77. The van der Waals surface area contributed by atoms with E-state index in [1.807, 2.05) is 0 Å². The van der Waals surface area contributed by atoms with E-state index in [1.165, 1.54) is 24.3 Å². The van der Waals surface area contributed by atoms with Crippen molar-refractivity contribution in [1.82, 2.24) is 4.72 Å². The van der Waals surface area contributed by atoms with Crippen LogP contribution in [0.5, 0.6) is 5.75 Å². The lowest BCUT2D eigenvalue weighted by molar-refractivity contribution is -0.138. The molecule has 6 nitrogen and oxygen atoms in total. The maximum Gasteiger partial charge on any atom is 0.322 e. The molecule has 2 rings (SSSR count). The zero-order chi connectivity index (χ0) is 16.3. The number of sulfonamides is 1. The van der Waals surface area contributed by atoms with Gasteiger partial charge in [0.2, 0.25) is 0 Å². The highest BCUT2D eigenvalue weighted by Crippen LogP contribution is 2.26. The molecule has 0 spiro atoms. The number of aliphatic carboxylic acids is 1. The number of carboxylic acids is 1. The number of hydrogen-bond acceptors (Lipinski definition) is 5. The van der Waals surface area contributed by atoms with Gasteiger partial charge in [0.05, 0.1) is 4.34 Å². The zero-order valence-electron chi connectivity index (χ0n) is 11.1. The summed E-state index contributed by atoms with van der Waals surface area (Å²) < 4.78 is 26.6. The topological polar surface area (TPSA) is 104 Å². The summed E-state index contributed by atoms with van der Waals surface area (Å²) in [5.74, 6) is -1.43. The van der Waals surface area contributed by atoms with Crippen molar-refractivity contribution < 1.29 is 23.4 Å². The molecule has 0 radical (unpaired) electrons. The summed E-state index contributed by atoms with van der Waals surface area (Å²) in [6, 6.07) is 7.46. The molecule has 1 aromatic heterocycles. The summed E-state index contributed by atoms with van der Waals surface area (Å²) in [5.41, 5.74) is 0.335. The molecule has 1 atom stereocenters. The second-order valence-corrected chi connectivity index (χ2v) is 8.06. The van der Waals surface area contributed by atoms with E-state index in [-0.39, 0.29) is 20.7 Å². The lowest BCUT2D eigenvalue weighted by atomic mass is 10.1. The molecule has 0 aliphatic rings. The molecule has 0 aliphatic carbocycles. The van der Waals surface area contributed by atoms with Gasteiger partial charge in [0.25, 0.3) is 10.0 Å². The van der Waals surface area contributed by atoms with Crippen LogP contribution in [0.2, 0.25) is 4.34 Å². The first-order valence-corrected chi connectivity index (χ1v) is 8.74. The number of nitrogens with one attached hydrogen (secondary N) is 1. The van der Waals surface area contributed by atoms with Gasteiger partial charge in [0, 0.05) is 6.42 Å². The third kappa shape index (κ3) is 3.98. The molecule has 1 heterocycles. The average molecular weight is 362 g/mol. The minimum absolute atomic E-state index is 0.0685. The fraction of sp³-hybridized carbons (Fsp3) is 0.154. The Morgan fingerprint density at radius 3 is 2.50 bits per heavy atom. The van der Waals surface area contributed by atoms with E-state index in [0.29, 0.717) is 5.56 Å². The maximum absolute atomic E-state index is 12.2. The van der Waals surface area contributed by atoms with Crippen LogP contribution < -0.4 is 4.72 Å². The molecular formula is C13H12ClNO5S2. The van der Waals surface area contributed by atoms with Gasteiger partial charge in [-0.3, -0.25) is 4.79 Å². The monoisotopic (exact) mass is 361 g/mol. The first kappa shape index (κ1) is 16.8. The van der Waals surface area contributed by atoms with E-state index in [9.17, 15) is 23.4 Å². The number of hydrogen-bond donors (Lipinski definition) is 3. The molecule has 22 heavy (non-hydrogen) atoms. The minimum atomic E-state index is -4.00. The van der Waals surface area contributed by atoms with Crippen LogP contribution >= 0.6 is 22.9 Å². The van der Waals surface area contributed by atoms with Gasteiger partial charge in [-0.25, -0.2) is 8.42 Å². The van der Waals surface area contributed by atoms with E-state index in [0.717, 1.165) is 11.3 Å². The van der Waals surface area contributed by atoms with Crippen LogP contribution in [-0.4, -0.2) is 30.6 Å². The summed E-state index contributed by atoms with van der Waals surface area (Å²) in [5, 5.41) is 18.9.